The molecule has 1 fully saturated rings. The number of benzene rings is 2. The third-order valence-corrected chi connectivity index (χ3v) is 5.86. The number of anilines is 1. The maximum Gasteiger partial charge on any atom is 0.282 e. The van der Waals surface area contributed by atoms with E-state index in [9.17, 15) is 9.59 Å². The lowest BCUT2D eigenvalue weighted by atomic mass is 10.0. The number of amides is 2. The number of rotatable bonds is 4. The minimum atomic E-state index is -0.233. The molecule has 2 aliphatic rings. The molecule has 2 aromatic rings. The van der Waals surface area contributed by atoms with Gasteiger partial charge in [0.05, 0.1) is 11.3 Å². The van der Waals surface area contributed by atoms with Gasteiger partial charge in [0.25, 0.3) is 11.8 Å². The fourth-order valence-electron chi connectivity index (χ4n) is 4.14. The van der Waals surface area contributed by atoms with Gasteiger partial charge in [-0.25, -0.2) is 4.90 Å². The van der Waals surface area contributed by atoms with E-state index in [0.717, 1.165) is 49.4 Å². The van der Waals surface area contributed by atoms with Crippen molar-refractivity contribution in [3.05, 3.63) is 70.9 Å². The maximum absolute atomic E-state index is 13.6. The van der Waals surface area contributed by atoms with E-state index >= 15 is 0 Å². The first-order valence-electron chi connectivity index (χ1n) is 10.2. The van der Waals surface area contributed by atoms with E-state index in [4.69, 9.17) is 0 Å². The Hall–Kier alpha value is -2.92. The number of likely N-dealkylation sites (N-methyl/N-ethyl adjacent to an activating group) is 1. The summed E-state index contributed by atoms with van der Waals surface area (Å²) in [7, 11) is 0. The molecule has 150 valence electrons. The van der Waals surface area contributed by atoms with Crippen LogP contribution in [0.3, 0.4) is 0 Å². The van der Waals surface area contributed by atoms with Crippen LogP contribution in [-0.2, 0) is 9.59 Å². The molecule has 0 unspecified atom stereocenters. The lowest BCUT2D eigenvalue weighted by Crippen LogP contribution is -2.47. The molecule has 2 heterocycles. The zero-order valence-corrected chi connectivity index (χ0v) is 17.3. The van der Waals surface area contributed by atoms with Crippen LogP contribution >= 0.6 is 0 Å². The average Bonchev–Trinajstić information content (AvgIpc) is 3.00. The Morgan fingerprint density at radius 1 is 0.862 bits per heavy atom. The minimum Gasteiger partial charge on any atom is -0.364 e. The predicted octanol–water partition coefficient (Wildman–Crippen LogP) is 3.23. The zero-order valence-electron chi connectivity index (χ0n) is 17.3. The van der Waals surface area contributed by atoms with Gasteiger partial charge in [-0.2, -0.15) is 0 Å². The van der Waals surface area contributed by atoms with Crippen LogP contribution in [0.15, 0.2) is 54.2 Å². The van der Waals surface area contributed by atoms with E-state index in [1.807, 2.05) is 62.4 Å². The standard InChI is InChI=1S/C24H27N3O2/c1-4-25-12-14-26(15-13-25)22-21(19-8-6-5-7-9-19)23(28)27(24(22)29)20-16-17(2)10-11-18(20)3/h5-11,16H,4,12-15H2,1-3H3. The zero-order chi connectivity index (χ0) is 20.5. The van der Waals surface area contributed by atoms with Gasteiger partial charge in [-0.05, 0) is 43.1 Å². The second kappa shape index (κ2) is 7.84. The number of imide groups is 1. The van der Waals surface area contributed by atoms with Crippen LogP contribution < -0.4 is 4.90 Å². The van der Waals surface area contributed by atoms with Crippen LogP contribution in [0, 0.1) is 13.8 Å². The fourth-order valence-corrected chi connectivity index (χ4v) is 4.14. The molecule has 29 heavy (non-hydrogen) atoms. The van der Waals surface area contributed by atoms with Gasteiger partial charge in [0.2, 0.25) is 0 Å². The molecule has 0 radical (unpaired) electrons. The summed E-state index contributed by atoms with van der Waals surface area (Å²) in [6.07, 6.45) is 0. The van der Waals surface area contributed by atoms with Crippen LogP contribution in [0.4, 0.5) is 5.69 Å². The summed E-state index contributed by atoms with van der Waals surface area (Å²) < 4.78 is 0. The molecule has 1 saturated heterocycles. The molecule has 0 bridgehead atoms. The minimum absolute atomic E-state index is 0.215. The number of piperazine rings is 1. The van der Waals surface area contributed by atoms with Gasteiger partial charge in [0, 0.05) is 26.2 Å². The van der Waals surface area contributed by atoms with Crippen molar-refractivity contribution >= 4 is 23.1 Å². The van der Waals surface area contributed by atoms with Gasteiger partial charge in [0.15, 0.2) is 0 Å². The Kier molecular flexibility index (Phi) is 5.24. The second-order valence-corrected chi connectivity index (χ2v) is 7.75. The first-order chi connectivity index (χ1) is 14.0. The van der Waals surface area contributed by atoms with Crippen molar-refractivity contribution in [3.8, 4) is 0 Å². The van der Waals surface area contributed by atoms with Crippen molar-refractivity contribution < 1.29 is 9.59 Å². The van der Waals surface area contributed by atoms with E-state index in [1.54, 1.807) is 0 Å². The highest BCUT2D eigenvalue weighted by Gasteiger charge is 2.43. The summed E-state index contributed by atoms with van der Waals surface area (Å²) in [4.78, 5) is 33.0. The highest BCUT2D eigenvalue weighted by molar-refractivity contribution is 6.45. The van der Waals surface area contributed by atoms with Gasteiger partial charge in [0.1, 0.15) is 5.70 Å². The molecule has 2 aliphatic heterocycles. The summed E-state index contributed by atoms with van der Waals surface area (Å²) in [6.45, 7) is 10.4. The van der Waals surface area contributed by atoms with Gasteiger partial charge < -0.3 is 9.80 Å². The molecule has 0 spiro atoms. The van der Waals surface area contributed by atoms with E-state index in [2.05, 4.69) is 16.7 Å². The second-order valence-electron chi connectivity index (χ2n) is 7.75. The lowest BCUT2D eigenvalue weighted by molar-refractivity contribution is -0.120. The van der Waals surface area contributed by atoms with Crippen LogP contribution in [-0.4, -0.2) is 54.3 Å². The summed E-state index contributed by atoms with van der Waals surface area (Å²) in [5.74, 6) is -0.449. The molecule has 0 aliphatic carbocycles. The molecule has 0 saturated carbocycles. The highest BCUT2D eigenvalue weighted by atomic mass is 16.2. The molecule has 5 heteroatoms. The van der Waals surface area contributed by atoms with Gasteiger partial charge in [-0.3, -0.25) is 9.59 Å². The summed E-state index contributed by atoms with van der Waals surface area (Å²) >= 11 is 0. The molecule has 0 atom stereocenters. The van der Waals surface area contributed by atoms with E-state index in [0.29, 0.717) is 17.0 Å². The van der Waals surface area contributed by atoms with Crippen molar-refractivity contribution in [1.82, 2.24) is 9.80 Å². The van der Waals surface area contributed by atoms with Crippen molar-refractivity contribution in [1.29, 1.82) is 0 Å². The lowest BCUT2D eigenvalue weighted by Gasteiger charge is -2.36. The Balaban J connectivity index is 1.80. The maximum atomic E-state index is 13.6. The summed E-state index contributed by atoms with van der Waals surface area (Å²) in [5.41, 5.74) is 4.47. The average molecular weight is 389 g/mol. The third kappa shape index (κ3) is 3.47. The van der Waals surface area contributed by atoms with Gasteiger partial charge >= 0.3 is 0 Å². The molecular formula is C24H27N3O2. The number of aryl methyl sites for hydroxylation is 2. The normalized spacial score (nSPS) is 18.2. The van der Waals surface area contributed by atoms with Crippen molar-refractivity contribution in [2.24, 2.45) is 0 Å². The molecule has 4 rings (SSSR count). The van der Waals surface area contributed by atoms with Gasteiger partial charge in [-0.1, -0.05) is 49.4 Å². The Bertz CT molecular complexity index is 973. The van der Waals surface area contributed by atoms with Crippen molar-refractivity contribution in [2.75, 3.05) is 37.6 Å². The largest absolute Gasteiger partial charge is 0.364 e. The number of carbonyl (C=O) groups excluding carboxylic acids is 2. The molecule has 0 N–H and O–H groups in total. The first kappa shape index (κ1) is 19.4. The van der Waals surface area contributed by atoms with Crippen LogP contribution in [0.5, 0.6) is 0 Å². The first-order valence-corrected chi connectivity index (χ1v) is 10.2. The predicted molar refractivity (Wildman–Crippen MR) is 115 cm³/mol. The molecule has 2 amide bonds. The van der Waals surface area contributed by atoms with E-state index in [-0.39, 0.29) is 11.8 Å². The van der Waals surface area contributed by atoms with Gasteiger partial charge in [-0.15, -0.1) is 0 Å². The summed E-state index contributed by atoms with van der Waals surface area (Å²) in [6, 6.07) is 15.5. The van der Waals surface area contributed by atoms with Crippen molar-refractivity contribution in [2.45, 2.75) is 20.8 Å². The molecule has 5 nitrogen and oxygen atoms in total. The number of hydrogen-bond donors (Lipinski definition) is 0. The summed E-state index contributed by atoms with van der Waals surface area (Å²) in [5, 5.41) is 0. The SMILES string of the molecule is CCN1CCN(C2=C(c3ccccc3)C(=O)N(c3cc(C)ccc3C)C2=O)CC1. The Labute approximate surface area is 172 Å². The quantitative estimate of drug-likeness (QED) is 0.753. The molecular weight excluding hydrogens is 362 g/mol. The van der Waals surface area contributed by atoms with E-state index in [1.165, 1.54) is 4.90 Å². The van der Waals surface area contributed by atoms with E-state index < -0.39 is 0 Å². The Morgan fingerprint density at radius 2 is 1.55 bits per heavy atom. The number of nitrogens with zero attached hydrogens (tertiary/aromatic N) is 3. The topological polar surface area (TPSA) is 43.9 Å². The van der Waals surface area contributed by atoms with Crippen LogP contribution in [0.2, 0.25) is 0 Å². The monoisotopic (exact) mass is 389 g/mol. The fraction of sp³-hybridized carbons (Fsp3) is 0.333. The molecule has 0 aromatic heterocycles. The van der Waals surface area contributed by atoms with Crippen LogP contribution in [0.25, 0.3) is 5.57 Å². The number of hydrogen-bond acceptors (Lipinski definition) is 4. The van der Waals surface area contributed by atoms with Crippen molar-refractivity contribution in [3.63, 3.8) is 0 Å². The number of carbonyl (C=O) groups is 2. The smallest absolute Gasteiger partial charge is 0.282 e. The third-order valence-electron chi connectivity index (χ3n) is 5.86. The molecule has 2 aromatic carbocycles. The Morgan fingerprint density at radius 3 is 2.21 bits per heavy atom. The highest BCUT2D eigenvalue weighted by Crippen LogP contribution is 2.36. The van der Waals surface area contributed by atoms with Crippen LogP contribution in [0.1, 0.15) is 23.6 Å².